The predicted molar refractivity (Wildman–Crippen MR) is 202 cm³/mol. The standard InChI is InChI=1S/C40H52ClN7O4/c1-7-50-36-28(24-42)22-30(23-35(36)41)40(5,6)29-8-10-34(11-9-29)51-27-31-12-15-43-37(44-31)47-20-18-46(19-21-47)32-13-16-45(17-14-32)33-25-48(26-33)38(49)52-39(2,3)4/h8-12,15,22-23,32-33H,7,13-14,16-21,25-27H2,1-6H3. The Labute approximate surface area is 313 Å². The number of nitrogens with zero attached hydrogens (tertiary/aromatic N) is 7. The van der Waals surface area contributed by atoms with E-state index in [1.165, 1.54) is 0 Å². The fraction of sp³-hybridized carbons (Fsp3) is 0.550. The fourth-order valence-corrected chi connectivity index (χ4v) is 7.58. The molecule has 0 atom stereocenters. The Bertz CT molecular complexity index is 1730. The highest BCUT2D eigenvalue weighted by atomic mass is 35.5. The lowest BCUT2D eigenvalue weighted by atomic mass is 9.77. The van der Waals surface area contributed by atoms with Crippen LogP contribution in [-0.4, -0.2) is 107 Å². The summed E-state index contributed by atoms with van der Waals surface area (Å²) in [5.41, 5.74) is 2.42. The van der Waals surface area contributed by atoms with Gasteiger partial charge < -0.3 is 24.0 Å². The number of hydrogen-bond acceptors (Lipinski definition) is 10. The monoisotopic (exact) mass is 729 g/mol. The summed E-state index contributed by atoms with van der Waals surface area (Å²) in [6, 6.07) is 16.9. The average Bonchev–Trinajstić information content (AvgIpc) is 3.11. The van der Waals surface area contributed by atoms with Gasteiger partial charge in [-0.15, -0.1) is 0 Å². The molecule has 2 aromatic carbocycles. The molecule has 12 heteroatoms. The van der Waals surface area contributed by atoms with Crippen LogP contribution in [0.2, 0.25) is 5.02 Å². The number of rotatable bonds is 10. The van der Waals surface area contributed by atoms with Crippen LogP contribution in [0, 0.1) is 11.3 Å². The first-order valence-corrected chi connectivity index (χ1v) is 18.9. The maximum absolute atomic E-state index is 12.3. The van der Waals surface area contributed by atoms with Gasteiger partial charge >= 0.3 is 6.09 Å². The van der Waals surface area contributed by atoms with Crippen LogP contribution < -0.4 is 14.4 Å². The molecule has 278 valence electrons. The molecule has 4 heterocycles. The average molecular weight is 730 g/mol. The molecule has 0 radical (unpaired) electrons. The van der Waals surface area contributed by atoms with E-state index < -0.39 is 11.0 Å². The van der Waals surface area contributed by atoms with Gasteiger partial charge in [-0.05, 0) is 82.0 Å². The molecule has 1 amide bonds. The maximum atomic E-state index is 12.3. The molecule has 0 unspecified atom stereocenters. The Balaban J connectivity index is 0.958. The van der Waals surface area contributed by atoms with Crippen molar-refractivity contribution >= 4 is 23.6 Å². The van der Waals surface area contributed by atoms with Gasteiger partial charge in [0, 0.05) is 76.1 Å². The van der Waals surface area contributed by atoms with Crippen molar-refractivity contribution in [2.45, 2.75) is 84.1 Å². The molecule has 3 fully saturated rings. The van der Waals surface area contributed by atoms with Gasteiger partial charge in [-0.25, -0.2) is 14.8 Å². The number of piperidine rings is 1. The van der Waals surface area contributed by atoms with Gasteiger partial charge in [-0.2, -0.15) is 5.26 Å². The van der Waals surface area contributed by atoms with Crippen LogP contribution in [0.1, 0.15) is 76.8 Å². The van der Waals surface area contributed by atoms with Gasteiger partial charge in [-0.3, -0.25) is 9.80 Å². The minimum absolute atomic E-state index is 0.200. The van der Waals surface area contributed by atoms with Crippen molar-refractivity contribution in [3.8, 4) is 17.6 Å². The molecule has 11 nitrogen and oxygen atoms in total. The van der Waals surface area contributed by atoms with E-state index in [-0.39, 0.29) is 6.09 Å². The SMILES string of the molecule is CCOc1c(Cl)cc(C(C)(C)c2ccc(OCc3ccnc(N4CCN(C5CCN(C6CN(C(=O)OC(C)(C)C)C6)CC5)CC4)n3)cc2)cc1C#N. The van der Waals surface area contributed by atoms with E-state index in [1.807, 2.05) is 81.3 Å². The Kier molecular flexibility index (Phi) is 11.5. The minimum Gasteiger partial charge on any atom is -0.491 e. The molecule has 6 rings (SSSR count). The number of halogens is 1. The normalized spacial score (nSPS) is 18.1. The third-order valence-corrected chi connectivity index (χ3v) is 10.8. The van der Waals surface area contributed by atoms with E-state index in [2.05, 4.69) is 39.6 Å². The number of anilines is 1. The van der Waals surface area contributed by atoms with E-state index >= 15 is 0 Å². The fourth-order valence-electron chi connectivity index (χ4n) is 7.30. The summed E-state index contributed by atoms with van der Waals surface area (Å²) in [5, 5.41) is 10.1. The number of carbonyl (C=O) groups is 1. The number of nitriles is 1. The van der Waals surface area contributed by atoms with Crippen LogP contribution in [0.3, 0.4) is 0 Å². The van der Waals surface area contributed by atoms with Crippen LogP contribution in [0.25, 0.3) is 0 Å². The predicted octanol–water partition coefficient (Wildman–Crippen LogP) is 6.51. The van der Waals surface area contributed by atoms with E-state index in [1.54, 1.807) is 0 Å². The first kappa shape index (κ1) is 37.6. The zero-order valence-electron chi connectivity index (χ0n) is 31.4. The second-order valence-electron chi connectivity index (χ2n) is 15.5. The van der Waals surface area contributed by atoms with Crippen molar-refractivity contribution in [3.05, 3.63) is 76.1 Å². The van der Waals surface area contributed by atoms with Gasteiger partial charge in [-0.1, -0.05) is 37.6 Å². The Hall–Kier alpha value is -4.11. The van der Waals surface area contributed by atoms with Gasteiger partial charge in [0.2, 0.25) is 5.95 Å². The smallest absolute Gasteiger partial charge is 0.410 e. The molecule has 0 spiro atoms. The van der Waals surface area contributed by atoms with E-state index in [0.717, 1.165) is 93.7 Å². The van der Waals surface area contributed by atoms with Crippen LogP contribution in [0.5, 0.6) is 11.5 Å². The third kappa shape index (κ3) is 8.74. The van der Waals surface area contributed by atoms with Crippen LogP contribution in [0.4, 0.5) is 10.7 Å². The van der Waals surface area contributed by atoms with Crippen LogP contribution in [0.15, 0.2) is 48.7 Å². The zero-order valence-corrected chi connectivity index (χ0v) is 32.2. The summed E-state index contributed by atoms with van der Waals surface area (Å²) in [6.45, 7) is 20.1. The molecular formula is C40H52ClN7O4. The number of amides is 1. The van der Waals surface area contributed by atoms with Gasteiger partial charge in [0.05, 0.1) is 22.9 Å². The lowest BCUT2D eigenvalue weighted by molar-refractivity contribution is -0.0247. The molecular weight excluding hydrogens is 678 g/mol. The molecule has 0 N–H and O–H groups in total. The van der Waals surface area contributed by atoms with E-state index in [9.17, 15) is 10.1 Å². The number of carbonyl (C=O) groups excluding carboxylic acids is 1. The zero-order chi connectivity index (χ0) is 37.0. The molecule has 3 saturated heterocycles. The summed E-state index contributed by atoms with van der Waals surface area (Å²) in [4.78, 5) is 31.1. The number of likely N-dealkylation sites (tertiary alicyclic amines) is 2. The summed E-state index contributed by atoms with van der Waals surface area (Å²) in [5.74, 6) is 1.93. The van der Waals surface area contributed by atoms with Crippen LogP contribution >= 0.6 is 11.6 Å². The molecule has 0 bridgehead atoms. The van der Waals surface area contributed by atoms with Crippen molar-refractivity contribution in [2.75, 3.05) is 63.9 Å². The molecule has 3 aliphatic heterocycles. The number of ether oxygens (including phenoxy) is 3. The topological polar surface area (TPSA) is 107 Å². The van der Waals surface area contributed by atoms with Gasteiger partial charge in [0.1, 0.15) is 24.0 Å². The highest BCUT2D eigenvalue weighted by molar-refractivity contribution is 6.32. The number of aromatic nitrogens is 2. The lowest BCUT2D eigenvalue weighted by Gasteiger charge is -2.49. The largest absolute Gasteiger partial charge is 0.491 e. The van der Waals surface area contributed by atoms with Crippen molar-refractivity contribution in [3.63, 3.8) is 0 Å². The molecule has 1 aromatic heterocycles. The van der Waals surface area contributed by atoms with Gasteiger partial charge in [0.15, 0.2) is 5.75 Å². The quantitative estimate of drug-likeness (QED) is 0.229. The summed E-state index contributed by atoms with van der Waals surface area (Å²) < 4.78 is 17.3. The number of piperazine rings is 1. The Morgan fingerprint density at radius 3 is 2.21 bits per heavy atom. The van der Waals surface area contributed by atoms with E-state index in [0.29, 0.717) is 41.6 Å². The maximum Gasteiger partial charge on any atom is 0.410 e. The first-order chi connectivity index (χ1) is 24.8. The molecule has 3 aromatic rings. The molecule has 52 heavy (non-hydrogen) atoms. The van der Waals surface area contributed by atoms with Crippen LogP contribution in [-0.2, 0) is 16.8 Å². The van der Waals surface area contributed by atoms with Crippen molar-refractivity contribution in [2.24, 2.45) is 0 Å². The van der Waals surface area contributed by atoms with Gasteiger partial charge in [0.25, 0.3) is 0 Å². The van der Waals surface area contributed by atoms with E-state index in [4.69, 9.17) is 30.8 Å². The number of hydrogen-bond donors (Lipinski definition) is 0. The van der Waals surface area contributed by atoms with Crippen molar-refractivity contribution in [1.82, 2.24) is 24.7 Å². The van der Waals surface area contributed by atoms with Crippen molar-refractivity contribution in [1.29, 1.82) is 5.26 Å². The lowest BCUT2D eigenvalue weighted by Crippen LogP contribution is -2.63. The number of benzene rings is 2. The summed E-state index contributed by atoms with van der Waals surface area (Å²) >= 11 is 6.53. The second-order valence-corrected chi connectivity index (χ2v) is 15.9. The Morgan fingerprint density at radius 1 is 0.904 bits per heavy atom. The van der Waals surface area contributed by atoms with Crippen molar-refractivity contribution < 1.29 is 19.0 Å². The second kappa shape index (κ2) is 15.9. The Morgan fingerprint density at radius 2 is 1.58 bits per heavy atom. The first-order valence-electron chi connectivity index (χ1n) is 18.5. The summed E-state index contributed by atoms with van der Waals surface area (Å²) in [6.07, 6.45) is 3.93. The summed E-state index contributed by atoms with van der Waals surface area (Å²) in [7, 11) is 0. The molecule has 3 aliphatic rings. The highest BCUT2D eigenvalue weighted by Crippen LogP contribution is 2.38. The molecule has 0 saturated carbocycles. The third-order valence-electron chi connectivity index (χ3n) is 10.5. The molecule has 0 aliphatic carbocycles. The minimum atomic E-state index is -0.455. The highest BCUT2D eigenvalue weighted by Gasteiger charge is 2.39.